The number of anilines is 2. The molecule has 0 saturated heterocycles. The molecule has 29 heavy (non-hydrogen) atoms. The Morgan fingerprint density at radius 2 is 1.93 bits per heavy atom. The van der Waals surface area contributed by atoms with E-state index in [1.165, 1.54) is 6.07 Å². The molecule has 4 aromatic rings. The van der Waals surface area contributed by atoms with Crippen LogP contribution in [0, 0.1) is 13.8 Å². The summed E-state index contributed by atoms with van der Waals surface area (Å²) >= 11 is 0. The number of nitrogens with one attached hydrogen (secondary N) is 3. The maximum atomic E-state index is 12.8. The second-order valence-corrected chi connectivity index (χ2v) is 7.19. The van der Waals surface area contributed by atoms with E-state index in [1.54, 1.807) is 4.57 Å². The molecule has 0 bridgehead atoms. The van der Waals surface area contributed by atoms with Gasteiger partial charge in [-0.05, 0) is 37.6 Å². The molecule has 2 aromatic carbocycles. The van der Waals surface area contributed by atoms with Crippen molar-refractivity contribution < 1.29 is 0 Å². The minimum atomic E-state index is -0.532. The van der Waals surface area contributed by atoms with Crippen molar-refractivity contribution in [2.75, 3.05) is 10.6 Å². The Labute approximate surface area is 167 Å². The van der Waals surface area contributed by atoms with Gasteiger partial charge in [0.25, 0.3) is 5.56 Å². The molecule has 1 aliphatic rings. The van der Waals surface area contributed by atoms with Crippen LogP contribution in [-0.2, 0) is 0 Å². The molecule has 3 heterocycles. The van der Waals surface area contributed by atoms with Crippen molar-refractivity contribution in [2.45, 2.75) is 20.0 Å². The highest BCUT2D eigenvalue weighted by Gasteiger charge is 2.27. The van der Waals surface area contributed by atoms with Crippen molar-refractivity contribution in [3.63, 3.8) is 0 Å². The summed E-state index contributed by atoms with van der Waals surface area (Å²) in [5.74, 6) is 1.01. The van der Waals surface area contributed by atoms with E-state index in [4.69, 9.17) is 4.99 Å². The van der Waals surface area contributed by atoms with Gasteiger partial charge in [0.05, 0.1) is 0 Å². The fourth-order valence-electron chi connectivity index (χ4n) is 3.69. The second-order valence-electron chi connectivity index (χ2n) is 7.19. The number of benzene rings is 2. The minimum Gasteiger partial charge on any atom is -0.361 e. The number of rotatable bonds is 2. The fraction of sp³-hybridized carbons (Fsp3) is 0.136. The summed E-state index contributed by atoms with van der Waals surface area (Å²) < 4.78 is 1.59. The van der Waals surface area contributed by atoms with Gasteiger partial charge < -0.3 is 10.3 Å². The molecule has 0 aliphatic carbocycles. The Bertz CT molecular complexity index is 1320. The zero-order valence-electron chi connectivity index (χ0n) is 16.1. The number of aromatic nitrogens is 3. The lowest BCUT2D eigenvalue weighted by atomic mass is 10.1. The highest BCUT2D eigenvalue weighted by atomic mass is 16.1. The third-order valence-corrected chi connectivity index (χ3v) is 4.99. The molecule has 0 saturated carbocycles. The summed E-state index contributed by atoms with van der Waals surface area (Å²) in [6.07, 6.45) is 1.38. The average Bonchev–Trinajstić information content (AvgIpc) is 3.11. The van der Waals surface area contributed by atoms with Crippen LogP contribution in [0.1, 0.15) is 23.0 Å². The van der Waals surface area contributed by atoms with Crippen LogP contribution < -0.4 is 16.2 Å². The summed E-state index contributed by atoms with van der Waals surface area (Å²) in [6.45, 7) is 3.85. The van der Waals surface area contributed by atoms with Gasteiger partial charge in [-0.15, -0.1) is 0 Å². The van der Waals surface area contributed by atoms with Gasteiger partial charge in [-0.1, -0.05) is 30.3 Å². The van der Waals surface area contributed by atoms with Crippen LogP contribution in [0.5, 0.6) is 0 Å². The summed E-state index contributed by atoms with van der Waals surface area (Å²) in [4.78, 5) is 25.5. The average molecular weight is 384 g/mol. The number of aryl methyl sites for hydroxylation is 2. The van der Waals surface area contributed by atoms with Gasteiger partial charge in [-0.2, -0.15) is 0 Å². The fourth-order valence-corrected chi connectivity index (χ4v) is 3.69. The molecule has 5 rings (SSSR count). The van der Waals surface area contributed by atoms with E-state index in [2.05, 4.69) is 20.6 Å². The standard InChI is InChI=1S/C22H20N6O/c1-13-6-5-7-15(10-13)25-21-26-20(17-12-23-18-9-4-3-8-16(17)18)28-19(29)11-14(2)24-22(28)27-21/h3-12,20,23H,1-2H3,(H2,24,25,26,27)/t20-/m0/s1. The van der Waals surface area contributed by atoms with Crippen LogP contribution in [0.4, 0.5) is 11.6 Å². The van der Waals surface area contributed by atoms with E-state index < -0.39 is 6.17 Å². The second kappa shape index (κ2) is 6.63. The maximum Gasteiger partial charge on any atom is 0.257 e. The number of hydrogen-bond acceptors (Lipinski definition) is 5. The Kier molecular flexibility index (Phi) is 3.94. The van der Waals surface area contributed by atoms with Crippen molar-refractivity contribution in [2.24, 2.45) is 4.99 Å². The number of aromatic amines is 1. The minimum absolute atomic E-state index is 0.145. The van der Waals surface area contributed by atoms with Crippen LogP contribution in [0.15, 0.2) is 70.6 Å². The van der Waals surface area contributed by atoms with E-state index in [-0.39, 0.29) is 5.56 Å². The molecule has 2 aromatic heterocycles. The molecule has 1 atom stereocenters. The molecule has 0 fully saturated rings. The molecule has 144 valence electrons. The monoisotopic (exact) mass is 384 g/mol. The van der Waals surface area contributed by atoms with E-state index in [9.17, 15) is 4.79 Å². The summed E-state index contributed by atoms with van der Waals surface area (Å²) in [6, 6.07) is 17.6. The van der Waals surface area contributed by atoms with Crippen molar-refractivity contribution in [1.82, 2.24) is 14.5 Å². The lowest BCUT2D eigenvalue weighted by molar-refractivity contribution is 0.581. The quantitative estimate of drug-likeness (QED) is 0.491. The zero-order chi connectivity index (χ0) is 20.0. The topological polar surface area (TPSA) is 87.1 Å². The third kappa shape index (κ3) is 3.06. The smallest absolute Gasteiger partial charge is 0.257 e. The van der Waals surface area contributed by atoms with Gasteiger partial charge in [0.2, 0.25) is 11.9 Å². The Morgan fingerprint density at radius 1 is 1.07 bits per heavy atom. The number of fused-ring (bicyclic) bond motifs is 2. The summed E-state index contributed by atoms with van der Waals surface area (Å²) in [5, 5.41) is 7.51. The first kappa shape index (κ1) is 17.2. The molecule has 0 radical (unpaired) electrons. The molecule has 0 amide bonds. The molecule has 0 spiro atoms. The van der Waals surface area contributed by atoms with Crippen LogP contribution >= 0.6 is 0 Å². The molecule has 1 aliphatic heterocycles. The van der Waals surface area contributed by atoms with Crippen LogP contribution in [0.2, 0.25) is 0 Å². The van der Waals surface area contributed by atoms with Crippen molar-refractivity contribution in [3.05, 3.63) is 88.0 Å². The predicted octanol–water partition coefficient (Wildman–Crippen LogP) is 3.78. The zero-order valence-corrected chi connectivity index (χ0v) is 16.1. The van der Waals surface area contributed by atoms with Crippen LogP contribution in [-0.4, -0.2) is 20.5 Å². The predicted molar refractivity (Wildman–Crippen MR) is 116 cm³/mol. The summed E-state index contributed by atoms with van der Waals surface area (Å²) in [5.41, 5.74) is 4.48. The highest BCUT2D eigenvalue weighted by molar-refractivity contribution is 6.03. The van der Waals surface area contributed by atoms with Crippen molar-refractivity contribution in [3.8, 4) is 0 Å². The highest BCUT2D eigenvalue weighted by Crippen LogP contribution is 2.31. The first-order chi connectivity index (χ1) is 14.1. The number of nitrogens with zero attached hydrogens (tertiary/aromatic N) is 3. The lowest BCUT2D eigenvalue weighted by Crippen LogP contribution is -2.37. The first-order valence-electron chi connectivity index (χ1n) is 9.43. The molecule has 3 N–H and O–H groups in total. The van der Waals surface area contributed by atoms with Gasteiger partial charge in [-0.3, -0.25) is 14.7 Å². The van der Waals surface area contributed by atoms with E-state index in [0.29, 0.717) is 17.6 Å². The molecular weight excluding hydrogens is 364 g/mol. The SMILES string of the molecule is Cc1cccc(NC2=N[C@H](c3c[nH]c4ccccc34)n3c(nc(C)cc3=O)N2)c1. The molecular formula is C22H20N6O. The maximum absolute atomic E-state index is 12.8. The van der Waals surface area contributed by atoms with E-state index >= 15 is 0 Å². The first-order valence-corrected chi connectivity index (χ1v) is 9.43. The van der Waals surface area contributed by atoms with Gasteiger partial charge >= 0.3 is 0 Å². The normalized spacial score (nSPS) is 15.5. The molecule has 0 unspecified atom stereocenters. The van der Waals surface area contributed by atoms with E-state index in [0.717, 1.165) is 27.7 Å². The van der Waals surface area contributed by atoms with Gasteiger partial charge in [0.1, 0.15) is 0 Å². The van der Waals surface area contributed by atoms with Gasteiger partial charge in [-0.25, -0.2) is 9.98 Å². The number of guanidine groups is 1. The van der Waals surface area contributed by atoms with Crippen molar-refractivity contribution in [1.29, 1.82) is 0 Å². The van der Waals surface area contributed by atoms with E-state index in [1.807, 2.05) is 68.6 Å². The number of hydrogen-bond donors (Lipinski definition) is 3. The summed E-state index contributed by atoms with van der Waals surface area (Å²) in [7, 11) is 0. The Morgan fingerprint density at radius 3 is 2.79 bits per heavy atom. The Balaban J connectivity index is 1.66. The molecule has 7 heteroatoms. The lowest BCUT2D eigenvalue weighted by Gasteiger charge is -2.26. The van der Waals surface area contributed by atoms with Crippen LogP contribution in [0.3, 0.4) is 0 Å². The number of aliphatic imine (C=N–C) groups is 1. The Hall–Kier alpha value is -3.87. The number of H-pyrrole nitrogens is 1. The molecule has 7 nitrogen and oxygen atoms in total. The third-order valence-electron chi connectivity index (χ3n) is 4.99. The van der Waals surface area contributed by atoms with Crippen LogP contribution in [0.25, 0.3) is 10.9 Å². The van der Waals surface area contributed by atoms with Gasteiger partial charge in [0.15, 0.2) is 6.17 Å². The number of para-hydroxylation sites is 1. The van der Waals surface area contributed by atoms with Gasteiger partial charge in [0, 0.05) is 40.1 Å². The largest absolute Gasteiger partial charge is 0.361 e. The van der Waals surface area contributed by atoms with Crippen molar-refractivity contribution >= 4 is 28.5 Å².